The maximum Gasteiger partial charge on any atom is 0.147 e. The van der Waals surface area contributed by atoms with Crippen molar-refractivity contribution in [1.82, 2.24) is 14.8 Å². The molecule has 5 heteroatoms. The quantitative estimate of drug-likeness (QED) is 0.680. The van der Waals surface area contributed by atoms with Crippen molar-refractivity contribution in [3.8, 4) is 0 Å². The largest absolute Gasteiger partial charge is 0.353 e. The summed E-state index contributed by atoms with van der Waals surface area (Å²) >= 11 is 0. The molecule has 0 aromatic carbocycles. The molecule has 1 aromatic rings. The van der Waals surface area contributed by atoms with Crippen molar-refractivity contribution in [2.75, 3.05) is 13.4 Å². The van der Waals surface area contributed by atoms with Crippen LogP contribution in [0.25, 0.3) is 0 Å². The van der Waals surface area contributed by atoms with Crippen molar-refractivity contribution in [3.63, 3.8) is 0 Å². The van der Waals surface area contributed by atoms with Gasteiger partial charge >= 0.3 is 0 Å². The van der Waals surface area contributed by atoms with E-state index in [0.717, 1.165) is 12.5 Å². The third-order valence-corrected chi connectivity index (χ3v) is 2.07. The first-order valence-electron chi connectivity index (χ1n) is 4.32. The Morgan fingerprint density at radius 2 is 2.62 bits per heavy atom. The van der Waals surface area contributed by atoms with Crippen LogP contribution in [0.5, 0.6) is 0 Å². The lowest BCUT2D eigenvalue weighted by atomic mass is 10.1. The Kier molecular flexibility index (Phi) is 2.56. The highest BCUT2D eigenvalue weighted by atomic mass is 16.7. The fourth-order valence-corrected chi connectivity index (χ4v) is 1.42. The average molecular weight is 182 g/mol. The molecule has 0 spiro atoms. The molecule has 13 heavy (non-hydrogen) atoms. The number of aromatic nitrogens is 3. The van der Waals surface area contributed by atoms with Crippen LogP contribution in [0.15, 0.2) is 12.7 Å². The maximum absolute atomic E-state index is 5.38. The molecule has 1 saturated heterocycles. The van der Waals surface area contributed by atoms with E-state index in [1.807, 2.05) is 0 Å². The second kappa shape index (κ2) is 3.85. The van der Waals surface area contributed by atoms with E-state index in [4.69, 9.17) is 9.47 Å². The molecule has 2 rings (SSSR count). The fourth-order valence-electron chi connectivity index (χ4n) is 1.42. The zero-order valence-corrected chi connectivity index (χ0v) is 7.51. The molecule has 0 amide bonds. The molecule has 1 atom stereocenters. The molecule has 71 valence electrons. The molecule has 2 heterocycles. The number of hydrogen-bond donors (Lipinski definition) is 0. The summed E-state index contributed by atoms with van der Waals surface area (Å²) < 4.78 is 12.3. The Labute approximate surface area is 76.7 Å². The van der Waals surface area contributed by atoms with Gasteiger partial charge in [-0.15, -0.1) is 0 Å². The monoisotopic (exact) mass is 182 g/mol. The van der Waals surface area contributed by atoms with Gasteiger partial charge in [0.15, 0.2) is 0 Å². The third kappa shape index (κ3) is 1.71. The van der Waals surface area contributed by atoms with Gasteiger partial charge in [-0.25, -0.2) is 9.67 Å². The lowest BCUT2D eigenvalue weighted by molar-refractivity contribution is 0.0466. The summed E-state index contributed by atoms with van der Waals surface area (Å²) in [6, 6.07) is 1.09. The van der Waals surface area contributed by atoms with Gasteiger partial charge in [0.05, 0.1) is 6.61 Å². The number of ether oxygens (including phenoxy) is 2. The first kappa shape index (κ1) is 8.65. The van der Waals surface area contributed by atoms with E-state index in [2.05, 4.69) is 17.0 Å². The van der Waals surface area contributed by atoms with E-state index >= 15 is 0 Å². The Hall–Kier alpha value is -0.940. The zero-order valence-electron chi connectivity index (χ0n) is 7.51. The second-order valence-electron chi connectivity index (χ2n) is 2.83. The molecule has 0 bridgehead atoms. The minimum atomic E-state index is 0.0340. The van der Waals surface area contributed by atoms with Crippen LogP contribution in [-0.2, 0) is 9.47 Å². The molecule has 5 nitrogen and oxygen atoms in total. The van der Waals surface area contributed by atoms with Crippen LogP contribution in [0.4, 0.5) is 0 Å². The van der Waals surface area contributed by atoms with Crippen molar-refractivity contribution in [1.29, 1.82) is 0 Å². The minimum absolute atomic E-state index is 0.0340. The van der Waals surface area contributed by atoms with Gasteiger partial charge in [0.2, 0.25) is 0 Å². The van der Waals surface area contributed by atoms with E-state index in [1.165, 1.54) is 6.33 Å². The van der Waals surface area contributed by atoms with Crippen LogP contribution in [-0.4, -0.2) is 34.3 Å². The highest BCUT2D eigenvalue weighted by Crippen LogP contribution is 2.19. The van der Waals surface area contributed by atoms with Gasteiger partial charge in [0.25, 0.3) is 0 Å². The van der Waals surface area contributed by atoms with Gasteiger partial charge in [-0.05, 0) is 6.42 Å². The summed E-state index contributed by atoms with van der Waals surface area (Å²) in [6.45, 7) is 3.06. The standard InChI is InChI=1S/C8H12N3O2/c1-2-7(8-3-12-6-13-8)11-5-9-4-10-11/h4-5,8H,2-3,6H2,1H3. The van der Waals surface area contributed by atoms with Gasteiger partial charge in [0, 0.05) is 0 Å². The predicted octanol–water partition coefficient (Wildman–Crippen LogP) is 0.441. The Morgan fingerprint density at radius 3 is 3.15 bits per heavy atom. The Balaban J connectivity index is 2.08. The average Bonchev–Trinajstić information content (AvgIpc) is 2.76. The molecular weight excluding hydrogens is 170 g/mol. The summed E-state index contributed by atoms with van der Waals surface area (Å²) in [5.41, 5.74) is 0. The molecule has 1 radical (unpaired) electrons. The van der Waals surface area contributed by atoms with Crippen molar-refractivity contribution in [2.45, 2.75) is 19.4 Å². The van der Waals surface area contributed by atoms with Crippen LogP contribution < -0.4 is 0 Å². The SMILES string of the molecule is CC[C](C1COCO1)n1cncn1. The summed E-state index contributed by atoms with van der Waals surface area (Å²) in [4.78, 5) is 3.90. The van der Waals surface area contributed by atoms with Crippen molar-refractivity contribution in [2.24, 2.45) is 0 Å². The third-order valence-electron chi connectivity index (χ3n) is 2.07. The summed E-state index contributed by atoms with van der Waals surface area (Å²) in [5, 5.41) is 4.06. The summed E-state index contributed by atoms with van der Waals surface area (Å²) in [5.74, 6) is 0. The molecule has 0 saturated carbocycles. The van der Waals surface area contributed by atoms with Crippen LogP contribution in [0.3, 0.4) is 0 Å². The van der Waals surface area contributed by atoms with Crippen LogP contribution >= 0.6 is 0 Å². The summed E-state index contributed by atoms with van der Waals surface area (Å²) in [7, 11) is 0. The molecule has 1 fully saturated rings. The highest BCUT2D eigenvalue weighted by Gasteiger charge is 2.28. The fraction of sp³-hybridized carbons (Fsp3) is 0.625. The van der Waals surface area contributed by atoms with Gasteiger partial charge in [-0.2, -0.15) is 5.10 Å². The van der Waals surface area contributed by atoms with Gasteiger partial charge in [-0.3, -0.25) is 0 Å². The molecule has 1 aliphatic rings. The number of hydrogen-bond acceptors (Lipinski definition) is 4. The van der Waals surface area contributed by atoms with E-state index in [0.29, 0.717) is 13.4 Å². The molecule has 0 aliphatic carbocycles. The second-order valence-corrected chi connectivity index (χ2v) is 2.83. The van der Waals surface area contributed by atoms with Crippen LogP contribution in [0.1, 0.15) is 13.3 Å². The molecule has 0 N–H and O–H groups in total. The van der Waals surface area contributed by atoms with Crippen LogP contribution in [0.2, 0.25) is 0 Å². The van der Waals surface area contributed by atoms with Gasteiger partial charge < -0.3 is 9.47 Å². The first-order chi connectivity index (χ1) is 6.42. The molecule has 1 unspecified atom stereocenters. The summed E-state index contributed by atoms with van der Waals surface area (Å²) in [6.07, 6.45) is 4.12. The van der Waals surface area contributed by atoms with Crippen molar-refractivity contribution >= 4 is 0 Å². The predicted molar refractivity (Wildman–Crippen MR) is 44.6 cm³/mol. The van der Waals surface area contributed by atoms with Crippen molar-refractivity contribution in [3.05, 3.63) is 18.7 Å². The Bertz CT molecular complexity index is 244. The van der Waals surface area contributed by atoms with E-state index in [9.17, 15) is 0 Å². The zero-order chi connectivity index (χ0) is 9.10. The first-order valence-corrected chi connectivity index (χ1v) is 4.32. The van der Waals surface area contributed by atoms with E-state index in [1.54, 1.807) is 11.0 Å². The minimum Gasteiger partial charge on any atom is -0.353 e. The highest BCUT2D eigenvalue weighted by molar-refractivity contribution is 4.98. The van der Waals surface area contributed by atoms with Gasteiger partial charge in [0.1, 0.15) is 31.6 Å². The van der Waals surface area contributed by atoms with Crippen molar-refractivity contribution < 1.29 is 9.47 Å². The van der Waals surface area contributed by atoms with E-state index in [-0.39, 0.29) is 6.10 Å². The smallest absolute Gasteiger partial charge is 0.147 e. The lowest BCUT2D eigenvalue weighted by Gasteiger charge is -2.18. The van der Waals surface area contributed by atoms with Gasteiger partial charge in [-0.1, -0.05) is 6.92 Å². The molecule has 1 aromatic heterocycles. The normalized spacial score (nSPS) is 22.8. The molecular formula is C8H12N3O2. The number of rotatable bonds is 3. The van der Waals surface area contributed by atoms with Crippen LogP contribution in [0, 0.1) is 6.04 Å². The van der Waals surface area contributed by atoms with E-state index < -0.39 is 0 Å². The maximum atomic E-state index is 5.38. The Morgan fingerprint density at radius 1 is 1.69 bits per heavy atom. The lowest BCUT2D eigenvalue weighted by Crippen LogP contribution is -2.26. The molecule has 1 aliphatic heterocycles. The number of nitrogens with zero attached hydrogens (tertiary/aromatic N) is 3. The topological polar surface area (TPSA) is 49.2 Å².